The fraction of sp³-hybridized carbons (Fsp3) is 0.652. The van der Waals surface area contributed by atoms with Crippen LogP contribution < -0.4 is 10.1 Å². The third kappa shape index (κ3) is 5.43. The number of ether oxygens (including phenoxy) is 1. The van der Waals surface area contributed by atoms with Gasteiger partial charge >= 0.3 is 0 Å². The van der Waals surface area contributed by atoms with E-state index in [9.17, 15) is 18.0 Å². The summed E-state index contributed by atoms with van der Waals surface area (Å²) in [5, 5.41) is 2.97. The van der Waals surface area contributed by atoms with Crippen molar-refractivity contribution in [2.24, 2.45) is 11.8 Å². The van der Waals surface area contributed by atoms with Gasteiger partial charge in [0.2, 0.25) is 21.8 Å². The van der Waals surface area contributed by atoms with E-state index in [0.717, 1.165) is 32.4 Å². The highest BCUT2D eigenvalue weighted by molar-refractivity contribution is 7.89. The Morgan fingerprint density at radius 2 is 1.78 bits per heavy atom. The quantitative estimate of drug-likeness (QED) is 0.635. The van der Waals surface area contributed by atoms with Gasteiger partial charge < -0.3 is 15.0 Å². The fourth-order valence-corrected chi connectivity index (χ4v) is 5.88. The average Bonchev–Trinajstić information content (AvgIpc) is 3.36. The van der Waals surface area contributed by atoms with Crippen LogP contribution in [0.1, 0.15) is 46.0 Å². The van der Waals surface area contributed by atoms with E-state index in [4.69, 9.17) is 4.74 Å². The summed E-state index contributed by atoms with van der Waals surface area (Å²) in [4.78, 5) is 28.2. The van der Waals surface area contributed by atoms with Gasteiger partial charge in [-0.05, 0) is 55.9 Å². The summed E-state index contributed by atoms with van der Waals surface area (Å²) in [6.45, 7) is 5.94. The number of likely N-dealkylation sites (tertiary alicyclic amines) is 1. The van der Waals surface area contributed by atoms with Gasteiger partial charge in [0.15, 0.2) is 0 Å². The SMILES string of the molecule is CC[C@@H](C)[C@H](NC(=O)[C@@H]1CCCN(S(=O)(=O)c2ccc(OC)cc2)C1)C(=O)N1CCCC1. The highest BCUT2D eigenvalue weighted by Gasteiger charge is 2.37. The lowest BCUT2D eigenvalue weighted by atomic mass is 9.94. The Kier molecular flexibility index (Phi) is 8.16. The van der Waals surface area contributed by atoms with Crippen LogP contribution in [0, 0.1) is 11.8 Å². The van der Waals surface area contributed by atoms with Crippen molar-refractivity contribution >= 4 is 21.8 Å². The van der Waals surface area contributed by atoms with E-state index in [-0.39, 0.29) is 29.2 Å². The molecule has 0 aromatic heterocycles. The van der Waals surface area contributed by atoms with Crippen LogP contribution in [0.25, 0.3) is 0 Å². The minimum atomic E-state index is -3.71. The summed E-state index contributed by atoms with van der Waals surface area (Å²) in [5.74, 6) is -0.149. The van der Waals surface area contributed by atoms with Gasteiger partial charge in [0.1, 0.15) is 11.8 Å². The Morgan fingerprint density at radius 1 is 1.12 bits per heavy atom. The number of rotatable bonds is 8. The standard InChI is InChI=1S/C23H35N3O5S/c1-4-17(2)21(23(28)25-13-5-6-14-25)24-22(27)18-8-7-15-26(16-18)32(29,30)20-11-9-19(31-3)10-12-20/h9-12,17-18,21H,4-8,13-16H2,1-3H3,(H,24,27)/t17-,18-,21+/m1/s1. The minimum Gasteiger partial charge on any atom is -0.497 e. The van der Waals surface area contributed by atoms with Crippen molar-refractivity contribution in [2.45, 2.75) is 56.9 Å². The maximum Gasteiger partial charge on any atom is 0.245 e. The van der Waals surface area contributed by atoms with E-state index in [0.29, 0.717) is 25.1 Å². The number of hydrogen-bond acceptors (Lipinski definition) is 5. The highest BCUT2D eigenvalue weighted by Crippen LogP contribution is 2.26. The average molecular weight is 466 g/mol. The van der Waals surface area contributed by atoms with Gasteiger partial charge in [-0.1, -0.05) is 20.3 Å². The second kappa shape index (κ2) is 10.7. The molecular weight excluding hydrogens is 430 g/mol. The number of benzene rings is 1. The molecule has 1 aromatic rings. The van der Waals surface area contributed by atoms with Crippen LogP contribution in [0.15, 0.2) is 29.2 Å². The molecule has 2 aliphatic rings. The smallest absolute Gasteiger partial charge is 0.245 e. The number of amides is 2. The largest absolute Gasteiger partial charge is 0.497 e. The zero-order valence-electron chi connectivity index (χ0n) is 19.2. The van der Waals surface area contributed by atoms with E-state index >= 15 is 0 Å². The summed E-state index contributed by atoms with van der Waals surface area (Å²) in [6, 6.07) is 5.69. The van der Waals surface area contributed by atoms with Crippen LogP contribution in [0.3, 0.4) is 0 Å². The lowest BCUT2D eigenvalue weighted by molar-refractivity contribution is -0.138. The fourth-order valence-electron chi connectivity index (χ4n) is 4.36. The molecule has 2 fully saturated rings. The molecule has 0 unspecified atom stereocenters. The summed E-state index contributed by atoms with van der Waals surface area (Å²) in [7, 11) is -2.18. The molecule has 2 saturated heterocycles. The second-order valence-corrected chi connectivity index (χ2v) is 10.7. The summed E-state index contributed by atoms with van der Waals surface area (Å²) >= 11 is 0. The van der Waals surface area contributed by atoms with E-state index in [1.54, 1.807) is 12.1 Å². The summed E-state index contributed by atoms with van der Waals surface area (Å²) < 4.78 is 32.7. The maximum atomic E-state index is 13.1. The van der Waals surface area contributed by atoms with E-state index < -0.39 is 22.0 Å². The summed E-state index contributed by atoms with van der Waals surface area (Å²) in [5.41, 5.74) is 0. The Labute approximate surface area is 191 Å². The molecule has 2 amide bonds. The van der Waals surface area contributed by atoms with E-state index in [2.05, 4.69) is 5.32 Å². The normalized spacial score (nSPS) is 21.7. The van der Waals surface area contributed by atoms with E-state index in [1.807, 2.05) is 18.7 Å². The van der Waals surface area contributed by atoms with Crippen LogP contribution in [0.5, 0.6) is 5.75 Å². The van der Waals surface area contributed by atoms with Gasteiger partial charge in [0, 0.05) is 26.2 Å². The third-order valence-corrected chi connectivity index (χ3v) is 8.53. The third-order valence-electron chi connectivity index (χ3n) is 6.65. The molecule has 0 radical (unpaired) electrons. The number of hydrogen-bond donors (Lipinski definition) is 1. The van der Waals surface area contributed by atoms with Crippen molar-refractivity contribution in [2.75, 3.05) is 33.3 Å². The van der Waals surface area contributed by atoms with Crippen molar-refractivity contribution in [1.82, 2.24) is 14.5 Å². The van der Waals surface area contributed by atoms with Crippen molar-refractivity contribution in [1.29, 1.82) is 0 Å². The van der Waals surface area contributed by atoms with Gasteiger partial charge in [-0.25, -0.2) is 8.42 Å². The molecule has 0 aliphatic carbocycles. The molecule has 1 N–H and O–H groups in total. The van der Waals surface area contributed by atoms with Crippen molar-refractivity contribution in [3.8, 4) is 5.75 Å². The Hall–Kier alpha value is -2.13. The Morgan fingerprint density at radius 3 is 2.38 bits per heavy atom. The molecule has 0 bridgehead atoms. The predicted octanol–water partition coefficient (Wildman–Crippen LogP) is 2.25. The number of nitrogens with one attached hydrogen (secondary N) is 1. The molecule has 0 saturated carbocycles. The van der Waals surface area contributed by atoms with Gasteiger partial charge in [0.05, 0.1) is 17.9 Å². The van der Waals surface area contributed by atoms with Crippen molar-refractivity contribution in [3.63, 3.8) is 0 Å². The van der Waals surface area contributed by atoms with Crippen molar-refractivity contribution in [3.05, 3.63) is 24.3 Å². The van der Waals surface area contributed by atoms with Gasteiger partial charge in [0.25, 0.3) is 0 Å². The monoisotopic (exact) mass is 465 g/mol. The van der Waals surface area contributed by atoms with Crippen LogP contribution in [-0.2, 0) is 19.6 Å². The highest BCUT2D eigenvalue weighted by atomic mass is 32.2. The number of piperidine rings is 1. The molecule has 2 aliphatic heterocycles. The first-order valence-electron chi connectivity index (χ1n) is 11.5. The molecule has 8 nitrogen and oxygen atoms in total. The zero-order chi connectivity index (χ0) is 23.3. The van der Waals surface area contributed by atoms with Crippen LogP contribution in [-0.4, -0.2) is 68.8 Å². The number of methoxy groups -OCH3 is 1. The zero-order valence-corrected chi connectivity index (χ0v) is 20.1. The number of carbonyl (C=O) groups excluding carboxylic acids is 2. The first kappa shape index (κ1) is 24.5. The molecule has 1 aromatic carbocycles. The molecular formula is C23H35N3O5S. The first-order valence-corrected chi connectivity index (χ1v) is 12.9. The van der Waals surface area contributed by atoms with Gasteiger partial charge in [-0.3, -0.25) is 9.59 Å². The molecule has 2 heterocycles. The molecule has 0 spiro atoms. The summed E-state index contributed by atoms with van der Waals surface area (Å²) in [6.07, 6.45) is 3.96. The Bertz CT molecular complexity index is 897. The predicted molar refractivity (Wildman–Crippen MR) is 122 cm³/mol. The number of carbonyl (C=O) groups is 2. The topological polar surface area (TPSA) is 96.0 Å². The second-order valence-electron chi connectivity index (χ2n) is 8.78. The van der Waals surface area contributed by atoms with E-state index in [1.165, 1.54) is 23.5 Å². The number of sulfonamides is 1. The van der Waals surface area contributed by atoms with Crippen LogP contribution in [0.4, 0.5) is 0 Å². The lowest BCUT2D eigenvalue weighted by Gasteiger charge is -2.33. The molecule has 9 heteroatoms. The Balaban J connectivity index is 1.69. The van der Waals surface area contributed by atoms with Crippen LogP contribution >= 0.6 is 0 Å². The van der Waals surface area contributed by atoms with Crippen LogP contribution in [0.2, 0.25) is 0 Å². The molecule has 3 rings (SSSR count). The minimum absolute atomic E-state index is 0.00905. The lowest BCUT2D eigenvalue weighted by Crippen LogP contribution is -2.54. The van der Waals surface area contributed by atoms with Gasteiger partial charge in [-0.2, -0.15) is 4.31 Å². The molecule has 3 atom stereocenters. The first-order chi connectivity index (χ1) is 15.3. The number of nitrogens with zero attached hydrogens (tertiary/aromatic N) is 2. The molecule has 32 heavy (non-hydrogen) atoms. The molecule has 178 valence electrons. The van der Waals surface area contributed by atoms with Crippen molar-refractivity contribution < 1.29 is 22.7 Å². The maximum absolute atomic E-state index is 13.1. The van der Waals surface area contributed by atoms with Gasteiger partial charge in [-0.15, -0.1) is 0 Å².